The molecule has 0 aliphatic carbocycles. The van der Waals surface area contributed by atoms with Gasteiger partial charge in [-0.2, -0.15) is 0 Å². The van der Waals surface area contributed by atoms with E-state index in [1.165, 1.54) is 0 Å². The number of rotatable bonds is 8. The van der Waals surface area contributed by atoms with E-state index in [1.54, 1.807) is 14.2 Å². The van der Waals surface area contributed by atoms with Gasteiger partial charge in [-0.15, -0.1) is 0 Å². The average molecular weight is 515 g/mol. The van der Waals surface area contributed by atoms with Crippen molar-refractivity contribution in [2.45, 2.75) is 6.42 Å². The van der Waals surface area contributed by atoms with E-state index in [0.717, 1.165) is 56.3 Å². The Bertz CT molecular complexity index is 1620. The quantitative estimate of drug-likeness (QED) is 0.233. The van der Waals surface area contributed by atoms with Gasteiger partial charge in [0.1, 0.15) is 34.8 Å². The molecule has 0 amide bonds. The number of nitrogens with one attached hydrogen (secondary N) is 2. The van der Waals surface area contributed by atoms with Crippen LogP contribution in [0.3, 0.4) is 0 Å². The van der Waals surface area contributed by atoms with Gasteiger partial charge >= 0.3 is 0 Å². The first kappa shape index (κ1) is 24.1. The second kappa shape index (κ2) is 10.6. The van der Waals surface area contributed by atoms with Gasteiger partial charge in [-0.05, 0) is 72.8 Å². The molecular weight excluding hydrogens is 488 g/mol. The Morgan fingerprint density at radius 2 is 0.923 bits per heavy atom. The molecule has 8 heteroatoms. The van der Waals surface area contributed by atoms with Crippen molar-refractivity contribution in [1.82, 2.24) is 19.9 Å². The lowest BCUT2D eigenvalue weighted by Crippen LogP contribution is -2.07. The van der Waals surface area contributed by atoms with Crippen molar-refractivity contribution >= 4 is 44.8 Å². The van der Waals surface area contributed by atoms with Crippen molar-refractivity contribution in [3.63, 3.8) is 0 Å². The fourth-order valence-electron chi connectivity index (χ4n) is 4.36. The van der Waals surface area contributed by atoms with Crippen LogP contribution in [0.4, 0.5) is 23.0 Å². The molecule has 2 aromatic heterocycles. The van der Waals surface area contributed by atoms with Gasteiger partial charge in [-0.3, -0.25) is 0 Å². The normalized spacial score (nSPS) is 10.9. The van der Waals surface area contributed by atoms with Crippen LogP contribution in [0, 0.1) is 0 Å². The maximum atomic E-state index is 5.29. The summed E-state index contributed by atoms with van der Waals surface area (Å²) in [4.78, 5) is 19.4. The van der Waals surface area contributed by atoms with Crippen molar-refractivity contribution in [3.8, 4) is 11.5 Å². The first-order chi connectivity index (χ1) is 19.2. The van der Waals surface area contributed by atoms with Crippen LogP contribution >= 0.6 is 0 Å². The summed E-state index contributed by atoms with van der Waals surface area (Å²) in [5.74, 6) is 4.27. The first-order valence-corrected chi connectivity index (χ1v) is 12.5. The van der Waals surface area contributed by atoms with Crippen LogP contribution in [-0.2, 0) is 6.42 Å². The molecule has 2 heterocycles. The molecule has 6 rings (SSSR count). The van der Waals surface area contributed by atoms with Gasteiger partial charge < -0.3 is 20.1 Å². The summed E-state index contributed by atoms with van der Waals surface area (Å²) < 4.78 is 10.6. The van der Waals surface area contributed by atoms with Crippen LogP contribution in [0.25, 0.3) is 21.8 Å². The average Bonchev–Trinajstić information content (AvgIpc) is 2.98. The zero-order valence-corrected chi connectivity index (χ0v) is 21.6. The minimum Gasteiger partial charge on any atom is -0.497 e. The van der Waals surface area contributed by atoms with Gasteiger partial charge in [0.15, 0.2) is 0 Å². The number of benzene rings is 4. The second-order valence-electron chi connectivity index (χ2n) is 8.89. The Morgan fingerprint density at radius 3 is 1.33 bits per heavy atom. The monoisotopic (exact) mass is 514 g/mol. The molecule has 192 valence electrons. The van der Waals surface area contributed by atoms with Crippen molar-refractivity contribution < 1.29 is 9.47 Å². The number of methoxy groups -OCH3 is 2. The Hall–Kier alpha value is -5.24. The molecule has 4 aromatic carbocycles. The van der Waals surface area contributed by atoms with Gasteiger partial charge in [-0.25, -0.2) is 19.9 Å². The van der Waals surface area contributed by atoms with Gasteiger partial charge in [-0.1, -0.05) is 24.3 Å². The van der Waals surface area contributed by atoms with Gasteiger partial charge in [0, 0.05) is 22.1 Å². The molecular formula is C31H26N6O2. The summed E-state index contributed by atoms with van der Waals surface area (Å²) in [7, 11) is 3.30. The Balaban J connectivity index is 1.36. The predicted octanol–water partition coefficient (Wildman–Crippen LogP) is 6.67. The zero-order valence-electron chi connectivity index (χ0n) is 21.6. The molecule has 0 atom stereocenters. The van der Waals surface area contributed by atoms with Crippen molar-refractivity contribution in [1.29, 1.82) is 0 Å². The fourth-order valence-corrected chi connectivity index (χ4v) is 4.36. The molecule has 2 N–H and O–H groups in total. The lowest BCUT2D eigenvalue weighted by Gasteiger charge is -2.13. The van der Waals surface area contributed by atoms with E-state index in [9.17, 15) is 0 Å². The summed E-state index contributed by atoms with van der Waals surface area (Å²) >= 11 is 0. The third-order valence-electron chi connectivity index (χ3n) is 6.32. The largest absolute Gasteiger partial charge is 0.497 e. The van der Waals surface area contributed by atoms with Gasteiger partial charge in [0.05, 0.1) is 31.7 Å². The summed E-state index contributed by atoms with van der Waals surface area (Å²) in [6.45, 7) is 0. The summed E-state index contributed by atoms with van der Waals surface area (Å²) in [5.41, 5.74) is 3.49. The van der Waals surface area contributed by atoms with Crippen molar-refractivity contribution in [2.75, 3.05) is 24.9 Å². The number of hydrogen-bond donors (Lipinski definition) is 2. The van der Waals surface area contributed by atoms with E-state index in [4.69, 9.17) is 29.4 Å². The predicted molar refractivity (Wildman–Crippen MR) is 154 cm³/mol. The maximum Gasteiger partial charge on any atom is 0.142 e. The summed E-state index contributed by atoms with van der Waals surface area (Å²) in [6, 6.07) is 31.4. The van der Waals surface area contributed by atoms with Crippen molar-refractivity contribution in [2.24, 2.45) is 0 Å². The zero-order chi connectivity index (χ0) is 26.6. The molecule has 0 fully saturated rings. The van der Waals surface area contributed by atoms with Crippen LogP contribution in [0.2, 0.25) is 0 Å². The standard InChI is InChI=1S/C31H26N6O2/c1-38-22-15-11-20(12-16-22)32-30-24-7-3-5-9-26(24)34-28(36-30)19-29-35-27-10-6-4-8-25(27)31(37-29)33-21-13-17-23(39-2)18-14-21/h3-18H,19H2,1-2H3,(H,32,34,36)(H,33,35,37). The molecule has 0 saturated carbocycles. The number of ether oxygens (including phenoxy) is 2. The fraction of sp³-hybridized carbons (Fsp3) is 0.0968. The van der Waals surface area contributed by atoms with Crippen LogP contribution < -0.4 is 20.1 Å². The molecule has 0 unspecified atom stereocenters. The highest BCUT2D eigenvalue weighted by Gasteiger charge is 2.13. The van der Waals surface area contributed by atoms with Crippen molar-refractivity contribution in [3.05, 3.63) is 109 Å². The molecule has 0 spiro atoms. The van der Waals surface area contributed by atoms with Gasteiger partial charge in [0.2, 0.25) is 0 Å². The second-order valence-corrected chi connectivity index (χ2v) is 8.89. The lowest BCUT2D eigenvalue weighted by molar-refractivity contribution is 0.415. The Morgan fingerprint density at radius 1 is 0.513 bits per heavy atom. The molecule has 0 aliphatic rings. The number of para-hydroxylation sites is 2. The number of nitrogens with zero attached hydrogens (tertiary/aromatic N) is 4. The molecule has 0 saturated heterocycles. The van der Waals surface area contributed by atoms with E-state index < -0.39 is 0 Å². The summed E-state index contributed by atoms with van der Waals surface area (Å²) in [5, 5.41) is 8.73. The minimum absolute atomic E-state index is 0.365. The third kappa shape index (κ3) is 5.26. The minimum atomic E-state index is 0.365. The Labute approximate surface area is 225 Å². The van der Waals surface area contributed by atoms with E-state index in [-0.39, 0.29) is 0 Å². The highest BCUT2D eigenvalue weighted by molar-refractivity contribution is 5.92. The smallest absolute Gasteiger partial charge is 0.142 e. The van der Waals surface area contributed by atoms with E-state index in [2.05, 4.69) is 10.6 Å². The third-order valence-corrected chi connectivity index (χ3v) is 6.32. The van der Waals surface area contributed by atoms with E-state index in [0.29, 0.717) is 18.1 Å². The first-order valence-electron chi connectivity index (χ1n) is 12.5. The molecule has 8 nitrogen and oxygen atoms in total. The molecule has 0 radical (unpaired) electrons. The number of anilines is 4. The Kier molecular flexibility index (Phi) is 6.57. The number of hydrogen-bond acceptors (Lipinski definition) is 8. The van der Waals surface area contributed by atoms with Crippen LogP contribution in [0.1, 0.15) is 11.6 Å². The van der Waals surface area contributed by atoms with E-state index >= 15 is 0 Å². The van der Waals surface area contributed by atoms with Crippen LogP contribution in [0.5, 0.6) is 11.5 Å². The molecule has 6 aromatic rings. The number of aromatic nitrogens is 4. The maximum absolute atomic E-state index is 5.29. The van der Waals surface area contributed by atoms with E-state index in [1.807, 2.05) is 97.1 Å². The lowest BCUT2D eigenvalue weighted by atomic mass is 10.2. The highest BCUT2D eigenvalue weighted by atomic mass is 16.5. The van der Waals surface area contributed by atoms with Crippen LogP contribution in [0.15, 0.2) is 97.1 Å². The molecule has 0 bridgehead atoms. The van der Waals surface area contributed by atoms with Gasteiger partial charge in [0.25, 0.3) is 0 Å². The highest BCUT2D eigenvalue weighted by Crippen LogP contribution is 2.28. The SMILES string of the molecule is COc1ccc(Nc2nc(Cc3nc(Nc4ccc(OC)cc4)c4ccccc4n3)nc3ccccc23)cc1. The summed E-state index contributed by atoms with van der Waals surface area (Å²) in [6.07, 6.45) is 0.365. The molecule has 0 aliphatic heterocycles. The number of fused-ring (bicyclic) bond motifs is 2. The topological polar surface area (TPSA) is 94.1 Å². The van der Waals surface area contributed by atoms with Crippen LogP contribution in [-0.4, -0.2) is 34.2 Å². The molecule has 39 heavy (non-hydrogen) atoms.